The van der Waals surface area contributed by atoms with Gasteiger partial charge in [-0.3, -0.25) is 15.0 Å². The number of nitro benzene ring substituents is 1. The average Bonchev–Trinajstić information content (AvgIpc) is 2.73. The first-order valence-corrected chi connectivity index (χ1v) is 8.99. The third-order valence-electron chi connectivity index (χ3n) is 3.76. The number of benzene rings is 2. The number of hydrogen-bond donors (Lipinski definition) is 0. The van der Waals surface area contributed by atoms with E-state index in [1.165, 1.54) is 18.2 Å². The summed E-state index contributed by atoms with van der Waals surface area (Å²) in [6, 6.07) is 11.3. The van der Waals surface area contributed by atoms with Gasteiger partial charge in [0.15, 0.2) is 0 Å². The van der Waals surface area contributed by atoms with Crippen LogP contribution in [0.25, 0.3) is 0 Å². The van der Waals surface area contributed by atoms with Crippen LogP contribution in [-0.4, -0.2) is 30.6 Å². The maximum Gasteiger partial charge on any atom is 0.365 e. The van der Waals surface area contributed by atoms with Crippen molar-refractivity contribution in [1.82, 2.24) is 0 Å². The number of nitro groups is 1. The third-order valence-corrected chi connectivity index (χ3v) is 4.07. The number of carbonyl (C=O) groups excluding carboxylic acids is 1. The van der Waals surface area contributed by atoms with Crippen molar-refractivity contribution >= 4 is 40.3 Å². The van der Waals surface area contributed by atoms with Gasteiger partial charge in [0, 0.05) is 37.0 Å². The van der Waals surface area contributed by atoms with Gasteiger partial charge in [-0.1, -0.05) is 18.2 Å². The van der Waals surface area contributed by atoms with Crippen molar-refractivity contribution in [2.75, 3.05) is 24.6 Å². The molecule has 0 radical (unpaired) electrons. The molecule has 29 heavy (non-hydrogen) atoms. The fourth-order valence-electron chi connectivity index (χ4n) is 2.28. The second-order valence-electron chi connectivity index (χ2n) is 5.62. The predicted octanol–water partition coefficient (Wildman–Crippen LogP) is 5.15. The summed E-state index contributed by atoms with van der Waals surface area (Å²) in [6.45, 7) is 6.70. The zero-order chi connectivity index (χ0) is 21.2. The molecule has 0 fully saturated rings. The van der Waals surface area contributed by atoms with Crippen LogP contribution in [0.5, 0.6) is 0 Å². The van der Waals surface area contributed by atoms with E-state index in [9.17, 15) is 14.9 Å². The molecule has 9 nitrogen and oxygen atoms in total. The topological polar surface area (TPSA) is 107 Å². The second-order valence-corrected chi connectivity index (χ2v) is 6.02. The van der Waals surface area contributed by atoms with Crippen molar-refractivity contribution in [1.29, 1.82) is 0 Å². The summed E-state index contributed by atoms with van der Waals surface area (Å²) in [6.07, 6.45) is 1.02. The normalized spacial score (nSPS) is 10.7. The van der Waals surface area contributed by atoms with Gasteiger partial charge in [-0.05, 0) is 37.3 Å². The molecular formula is C19H19ClN4O5. The van der Waals surface area contributed by atoms with Gasteiger partial charge >= 0.3 is 5.97 Å². The van der Waals surface area contributed by atoms with Gasteiger partial charge in [-0.25, -0.2) is 4.79 Å². The molecule has 2 rings (SSSR count). The van der Waals surface area contributed by atoms with Crippen molar-refractivity contribution in [3.63, 3.8) is 0 Å². The standard InChI is InChI=1S/C19H19ClN4O5/c1-3-19(25)29-28-12-11-23(4-2)15-7-5-14(6-8-15)21-22-18-10-9-16(24(26)27)13-17(18)20/h3,5-10,13H,1,4,11-12H2,2H3. The Balaban J connectivity index is 1.98. The van der Waals surface area contributed by atoms with E-state index in [0.717, 1.165) is 18.3 Å². The number of azo groups is 1. The Kier molecular flexibility index (Phi) is 8.26. The highest BCUT2D eigenvalue weighted by Gasteiger charge is 2.09. The van der Waals surface area contributed by atoms with E-state index in [1.807, 2.05) is 24.0 Å². The lowest BCUT2D eigenvalue weighted by atomic mass is 10.2. The molecule has 0 atom stereocenters. The molecule has 0 aliphatic rings. The number of anilines is 1. The summed E-state index contributed by atoms with van der Waals surface area (Å²) in [5, 5.41) is 19.0. The van der Waals surface area contributed by atoms with E-state index in [2.05, 4.69) is 21.7 Å². The summed E-state index contributed by atoms with van der Waals surface area (Å²) < 4.78 is 0. The predicted molar refractivity (Wildman–Crippen MR) is 109 cm³/mol. The third kappa shape index (κ3) is 6.66. The molecule has 2 aromatic carbocycles. The Hall–Kier alpha value is -3.30. The molecule has 0 bridgehead atoms. The van der Waals surface area contributed by atoms with Crippen LogP contribution in [0.1, 0.15) is 6.92 Å². The first-order chi connectivity index (χ1) is 13.9. The van der Waals surface area contributed by atoms with Gasteiger partial charge in [0.2, 0.25) is 0 Å². The highest BCUT2D eigenvalue weighted by atomic mass is 35.5. The zero-order valence-electron chi connectivity index (χ0n) is 15.7. The summed E-state index contributed by atoms with van der Waals surface area (Å²) in [5.74, 6) is -0.643. The summed E-state index contributed by atoms with van der Waals surface area (Å²) >= 11 is 6.00. The van der Waals surface area contributed by atoms with Crippen molar-refractivity contribution in [2.24, 2.45) is 10.2 Å². The Morgan fingerprint density at radius 1 is 1.28 bits per heavy atom. The fourth-order valence-corrected chi connectivity index (χ4v) is 2.50. The van der Waals surface area contributed by atoms with Crippen molar-refractivity contribution < 1.29 is 19.5 Å². The van der Waals surface area contributed by atoms with Gasteiger partial charge in [-0.2, -0.15) is 10.0 Å². The Labute approximate surface area is 172 Å². The molecule has 0 amide bonds. The lowest BCUT2D eigenvalue weighted by Crippen LogP contribution is -2.27. The SMILES string of the molecule is C=CC(=O)OOCCN(CC)c1ccc(N=Nc2ccc([N+](=O)[O-])cc2Cl)cc1. The number of hydrogen-bond acceptors (Lipinski definition) is 8. The van der Waals surface area contributed by atoms with Crippen LogP contribution < -0.4 is 4.90 Å². The lowest BCUT2D eigenvalue weighted by molar-refractivity contribution is -0.384. The molecule has 0 aliphatic heterocycles. The van der Waals surface area contributed by atoms with Gasteiger partial charge in [0.1, 0.15) is 12.3 Å². The van der Waals surface area contributed by atoms with Crippen LogP contribution in [0.4, 0.5) is 22.7 Å². The molecule has 152 valence electrons. The number of likely N-dealkylation sites (N-methyl/N-ethyl adjacent to an activating group) is 1. The number of non-ortho nitro benzene ring substituents is 1. The van der Waals surface area contributed by atoms with E-state index in [1.54, 1.807) is 12.1 Å². The first-order valence-electron chi connectivity index (χ1n) is 8.61. The van der Waals surface area contributed by atoms with E-state index in [4.69, 9.17) is 16.5 Å². The molecule has 0 unspecified atom stereocenters. The Morgan fingerprint density at radius 2 is 2.00 bits per heavy atom. The van der Waals surface area contributed by atoms with Gasteiger partial charge in [0.25, 0.3) is 5.69 Å². The van der Waals surface area contributed by atoms with Crippen LogP contribution >= 0.6 is 11.6 Å². The van der Waals surface area contributed by atoms with Crippen molar-refractivity contribution in [3.05, 3.63) is 70.3 Å². The van der Waals surface area contributed by atoms with Gasteiger partial charge in [-0.15, -0.1) is 5.11 Å². The van der Waals surface area contributed by atoms with Crippen LogP contribution in [-0.2, 0) is 14.6 Å². The number of nitrogens with zero attached hydrogens (tertiary/aromatic N) is 4. The van der Waals surface area contributed by atoms with Crippen molar-refractivity contribution in [3.8, 4) is 0 Å². The molecule has 0 spiro atoms. The zero-order valence-corrected chi connectivity index (χ0v) is 16.4. The van der Waals surface area contributed by atoms with Gasteiger partial charge < -0.3 is 4.90 Å². The maximum absolute atomic E-state index is 10.9. The lowest BCUT2D eigenvalue weighted by Gasteiger charge is -2.22. The number of rotatable bonds is 10. The molecule has 2 aromatic rings. The average molecular weight is 419 g/mol. The molecule has 0 saturated heterocycles. The van der Waals surface area contributed by atoms with E-state index >= 15 is 0 Å². The van der Waals surface area contributed by atoms with Crippen LogP contribution in [0.15, 0.2) is 65.3 Å². The first kappa shape index (κ1) is 22.0. The van der Waals surface area contributed by atoms with Crippen LogP contribution in [0.2, 0.25) is 5.02 Å². The Bertz CT molecular complexity index is 902. The summed E-state index contributed by atoms with van der Waals surface area (Å²) in [5.41, 5.74) is 1.75. The molecular weight excluding hydrogens is 400 g/mol. The number of carbonyl (C=O) groups is 1. The van der Waals surface area contributed by atoms with E-state index in [0.29, 0.717) is 17.9 Å². The monoisotopic (exact) mass is 418 g/mol. The van der Waals surface area contributed by atoms with Crippen LogP contribution in [0, 0.1) is 10.1 Å². The largest absolute Gasteiger partial charge is 0.369 e. The highest BCUT2D eigenvalue weighted by Crippen LogP contribution is 2.30. The molecule has 0 aromatic heterocycles. The van der Waals surface area contributed by atoms with Crippen LogP contribution in [0.3, 0.4) is 0 Å². The molecule has 0 saturated carbocycles. The van der Waals surface area contributed by atoms with E-state index in [-0.39, 0.29) is 17.3 Å². The smallest absolute Gasteiger partial charge is 0.365 e. The fraction of sp³-hybridized carbons (Fsp3) is 0.211. The molecule has 10 heteroatoms. The van der Waals surface area contributed by atoms with E-state index < -0.39 is 10.9 Å². The second kappa shape index (κ2) is 10.9. The quantitative estimate of drug-likeness (QED) is 0.132. The highest BCUT2D eigenvalue weighted by molar-refractivity contribution is 6.33. The maximum atomic E-state index is 10.9. The van der Waals surface area contributed by atoms with Crippen molar-refractivity contribution in [2.45, 2.75) is 6.92 Å². The molecule has 0 aliphatic carbocycles. The summed E-state index contributed by atoms with van der Waals surface area (Å²) in [4.78, 5) is 32.5. The minimum Gasteiger partial charge on any atom is -0.369 e. The molecule has 0 heterocycles. The van der Waals surface area contributed by atoms with Gasteiger partial charge in [0.05, 0.1) is 15.6 Å². The Morgan fingerprint density at radius 3 is 2.59 bits per heavy atom. The number of halogens is 1. The minimum atomic E-state index is -0.643. The minimum absolute atomic E-state index is 0.110. The molecule has 0 N–H and O–H groups in total. The summed E-state index contributed by atoms with van der Waals surface area (Å²) in [7, 11) is 0.